The Labute approximate surface area is 201 Å². The molecule has 35 heavy (non-hydrogen) atoms. The van der Waals surface area contributed by atoms with Crippen molar-refractivity contribution in [3.8, 4) is 0 Å². The van der Waals surface area contributed by atoms with Gasteiger partial charge in [0.15, 0.2) is 19.4 Å². The number of ether oxygens (including phenoxy) is 5. The first kappa shape index (κ1) is 23.9. The van der Waals surface area contributed by atoms with Crippen molar-refractivity contribution in [2.75, 3.05) is 20.2 Å². The smallest absolute Gasteiger partial charge is 0.455 e. The summed E-state index contributed by atoms with van der Waals surface area (Å²) in [7, 11) is 0. The Morgan fingerprint density at radius 2 is 1.86 bits per heavy atom. The van der Waals surface area contributed by atoms with Gasteiger partial charge in [-0.1, -0.05) is 19.4 Å². The van der Waals surface area contributed by atoms with Crippen molar-refractivity contribution < 1.29 is 46.4 Å². The van der Waals surface area contributed by atoms with Crippen LogP contribution in [0.2, 0.25) is 0 Å². The van der Waals surface area contributed by atoms with Crippen LogP contribution in [0.1, 0.15) is 58.8 Å². The van der Waals surface area contributed by atoms with Crippen LogP contribution in [0.4, 0.5) is 13.2 Å². The van der Waals surface area contributed by atoms with Gasteiger partial charge in [0, 0.05) is 17.8 Å². The average Bonchev–Trinajstić information content (AvgIpc) is 3.48. The summed E-state index contributed by atoms with van der Waals surface area (Å²) in [4.78, 5) is 24.4. The zero-order chi connectivity index (χ0) is 24.9. The predicted molar refractivity (Wildman–Crippen MR) is 112 cm³/mol. The highest BCUT2D eigenvalue weighted by Crippen LogP contribution is 2.72. The number of fused-ring (bicyclic) bond motifs is 7. The molecule has 7 nitrogen and oxygen atoms in total. The van der Waals surface area contributed by atoms with Gasteiger partial charge in [-0.2, -0.15) is 13.2 Å². The summed E-state index contributed by atoms with van der Waals surface area (Å²) in [5, 5.41) is 0. The maximum absolute atomic E-state index is 13.4. The summed E-state index contributed by atoms with van der Waals surface area (Å²) in [6.07, 6.45) is -0.423. The highest BCUT2D eigenvalue weighted by Gasteiger charge is 2.77. The number of allylic oxidation sites excluding steroid dienone is 1. The minimum Gasteiger partial charge on any atom is -0.455 e. The summed E-state index contributed by atoms with van der Waals surface area (Å²) in [6.45, 7) is 4.33. The molecule has 2 aliphatic heterocycles. The Kier molecular flexibility index (Phi) is 5.13. The van der Waals surface area contributed by atoms with Crippen molar-refractivity contribution in [1.29, 1.82) is 0 Å². The van der Waals surface area contributed by atoms with Crippen LogP contribution in [-0.4, -0.2) is 55.6 Å². The van der Waals surface area contributed by atoms with Crippen LogP contribution >= 0.6 is 0 Å². The van der Waals surface area contributed by atoms with E-state index in [-0.39, 0.29) is 50.2 Å². The zero-order valence-electron chi connectivity index (χ0n) is 19.9. The van der Waals surface area contributed by atoms with E-state index in [2.05, 4.69) is 0 Å². The van der Waals surface area contributed by atoms with Crippen LogP contribution in [0.15, 0.2) is 11.6 Å². The lowest BCUT2D eigenvalue weighted by molar-refractivity contribution is -0.263. The molecule has 5 fully saturated rings. The first-order chi connectivity index (χ1) is 16.5. The minimum absolute atomic E-state index is 0.0121. The molecule has 2 saturated heterocycles. The van der Waals surface area contributed by atoms with Crippen LogP contribution < -0.4 is 0 Å². The van der Waals surface area contributed by atoms with Crippen molar-refractivity contribution in [2.24, 2.45) is 28.6 Å². The summed E-state index contributed by atoms with van der Waals surface area (Å²) in [5.74, 6) is -3.42. The Hall–Kier alpha value is -1.49. The molecule has 0 amide bonds. The van der Waals surface area contributed by atoms with Gasteiger partial charge < -0.3 is 23.7 Å². The second kappa shape index (κ2) is 7.52. The SMILES string of the molecule is C[C@]12C[C@@H](OC(=O)C(F)(F)F)[C@H]3[C@H](CCC4=CC(=O)CC[C@]43C)[C@H]1CC[C@]21OCO[C@]12COCO2. The molecule has 10 heteroatoms. The number of ketones is 1. The van der Waals surface area contributed by atoms with Gasteiger partial charge in [0.05, 0.1) is 0 Å². The second-order valence-corrected chi connectivity index (χ2v) is 11.6. The number of esters is 1. The van der Waals surface area contributed by atoms with E-state index in [0.29, 0.717) is 25.7 Å². The molecule has 194 valence electrons. The Morgan fingerprint density at radius 3 is 2.57 bits per heavy atom. The van der Waals surface area contributed by atoms with Crippen LogP contribution in [-0.2, 0) is 33.3 Å². The molecule has 0 aromatic heterocycles. The number of hydrogen-bond acceptors (Lipinski definition) is 7. The lowest BCUT2D eigenvalue weighted by Gasteiger charge is -2.62. The van der Waals surface area contributed by atoms with Crippen LogP contribution in [0.5, 0.6) is 0 Å². The molecule has 6 rings (SSSR count). The molecule has 0 aromatic rings. The monoisotopic (exact) mass is 500 g/mol. The molecule has 0 aromatic carbocycles. The maximum Gasteiger partial charge on any atom is 0.490 e. The molecular weight excluding hydrogens is 469 g/mol. The highest BCUT2D eigenvalue weighted by atomic mass is 19.4. The lowest BCUT2D eigenvalue weighted by Crippen LogP contribution is -2.66. The van der Waals surface area contributed by atoms with Crippen LogP contribution in [0, 0.1) is 28.6 Å². The van der Waals surface area contributed by atoms with E-state index in [1.807, 2.05) is 13.8 Å². The van der Waals surface area contributed by atoms with Crippen LogP contribution in [0.25, 0.3) is 0 Å². The number of alkyl halides is 3. The summed E-state index contributed by atoms with van der Waals surface area (Å²) >= 11 is 0. The van der Waals surface area contributed by atoms with E-state index in [4.69, 9.17) is 23.7 Å². The fourth-order valence-electron chi connectivity index (χ4n) is 8.94. The summed E-state index contributed by atoms with van der Waals surface area (Å²) < 4.78 is 69.3. The van der Waals surface area contributed by atoms with E-state index >= 15 is 0 Å². The fraction of sp³-hybridized carbons (Fsp3) is 0.840. The number of hydrogen-bond donors (Lipinski definition) is 0. The molecule has 2 spiro atoms. The first-order valence-corrected chi connectivity index (χ1v) is 12.5. The van der Waals surface area contributed by atoms with E-state index in [1.165, 1.54) is 0 Å². The van der Waals surface area contributed by atoms with Crippen molar-refractivity contribution in [1.82, 2.24) is 0 Å². The Balaban J connectivity index is 1.44. The van der Waals surface area contributed by atoms with Gasteiger partial charge in [-0.05, 0) is 61.9 Å². The van der Waals surface area contributed by atoms with Crippen molar-refractivity contribution in [3.63, 3.8) is 0 Å². The summed E-state index contributed by atoms with van der Waals surface area (Å²) in [5.41, 5.74) is -1.09. The third-order valence-electron chi connectivity index (χ3n) is 10.4. The number of halogens is 3. The Morgan fingerprint density at radius 1 is 1.09 bits per heavy atom. The molecule has 3 saturated carbocycles. The second-order valence-electron chi connectivity index (χ2n) is 11.6. The normalized spacial score (nSPS) is 49.1. The number of carbonyl (C=O) groups excluding carboxylic acids is 2. The van der Waals surface area contributed by atoms with Crippen LogP contribution in [0.3, 0.4) is 0 Å². The van der Waals surface area contributed by atoms with Crippen molar-refractivity contribution in [3.05, 3.63) is 11.6 Å². The van der Waals surface area contributed by atoms with Gasteiger partial charge in [-0.3, -0.25) is 4.79 Å². The molecule has 0 N–H and O–H groups in total. The highest BCUT2D eigenvalue weighted by molar-refractivity contribution is 5.91. The largest absolute Gasteiger partial charge is 0.490 e. The molecule has 0 radical (unpaired) electrons. The summed E-state index contributed by atoms with van der Waals surface area (Å²) in [6, 6.07) is 0. The third kappa shape index (κ3) is 3.06. The molecule has 6 aliphatic rings. The fourth-order valence-corrected chi connectivity index (χ4v) is 8.94. The van der Waals surface area contributed by atoms with Crippen molar-refractivity contribution in [2.45, 2.75) is 82.5 Å². The van der Waals surface area contributed by atoms with E-state index in [9.17, 15) is 22.8 Å². The topological polar surface area (TPSA) is 80.3 Å². The van der Waals surface area contributed by atoms with E-state index < -0.39 is 40.5 Å². The van der Waals surface area contributed by atoms with E-state index in [0.717, 1.165) is 18.4 Å². The lowest BCUT2D eigenvalue weighted by atomic mass is 9.45. The van der Waals surface area contributed by atoms with Gasteiger partial charge in [-0.15, -0.1) is 0 Å². The standard InChI is InChI=1S/C25H31F3O7/c1-21-7-5-15(29)9-14(21)3-4-16-17-6-8-23(24(34-13-32-23)11-31-12-33-24)22(17,2)10-18(19(16)21)35-20(30)25(26,27)28/h9,16-19H,3-8,10-13H2,1-2H3/t16-,17-,18-,19-,21-,22+,23+,24-/m1/s1. The van der Waals surface area contributed by atoms with Gasteiger partial charge in [0.25, 0.3) is 0 Å². The average molecular weight is 501 g/mol. The molecule has 8 atom stereocenters. The minimum atomic E-state index is -5.09. The first-order valence-electron chi connectivity index (χ1n) is 12.5. The van der Waals surface area contributed by atoms with E-state index in [1.54, 1.807) is 6.08 Å². The van der Waals surface area contributed by atoms with Crippen molar-refractivity contribution >= 4 is 11.8 Å². The molecule has 2 heterocycles. The number of carbonyl (C=O) groups is 2. The quantitative estimate of drug-likeness (QED) is 0.503. The Bertz CT molecular complexity index is 967. The molecular formula is C25H31F3O7. The predicted octanol–water partition coefficient (Wildman–Crippen LogP) is 4.05. The third-order valence-corrected chi connectivity index (χ3v) is 10.4. The molecule has 0 unspecified atom stereocenters. The van der Waals surface area contributed by atoms with Gasteiger partial charge in [0.1, 0.15) is 18.3 Å². The van der Waals surface area contributed by atoms with Gasteiger partial charge in [-0.25, -0.2) is 4.79 Å². The van der Waals surface area contributed by atoms with Gasteiger partial charge >= 0.3 is 12.1 Å². The molecule has 0 bridgehead atoms. The zero-order valence-corrected chi connectivity index (χ0v) is 19.9. The molecule has 4 aliphatic carbocycles. The van der Waals surface area contributed by atoms with Gasteiger partial charge in [0.2, 0.25) is 5.79 Å². The maximum atomic E-state index is 13.4. The number of rotatable bonds is 1.